The fraction of sp³-hybridized carbons (Fsp3) is 0.529. The molecular weight excluding hydrogens is 280 g/mol. The van der Waals surface area contributed by atoms with E-state index in [0.717, 1.165) is 24.2 Å². The molecule has 120 valence electrons. The van der Waals surface area contributed by atoms with E-state index in [4.69, 9.17) is 4.74 Å². The molecule has 1 aromatic carbocycles. The molecule has 0 spiro atoms. The van der Waals surface area contributed by atoms with E-state index in [1.807, 2.05) is 32.0 Å². The fourth-order valence-corrected chi connectivity index (χ4v) is 2.60. The van der Waals surface area contributed by atoms with Crippen molar-refractivity contribution in [1.82, 2.24) is 10.2 Å². The molecule has 0 radical (unpaired) electrons. The van der Waals surface area contributed by atoms with E-state index < -0.39 is 0 Å². The van der Waals surface area contributed by atoms with Crippen LogP contribution in [0.25, 0.3) is 0 Å². The number of aryl methyl sites for hydroxylation is 2. The van der Waals surface area contributed by atoms with Gasteiger partial charge < -0.3 is 15.0 Å². The van der Waals surface area contributed by atoms with Gasteiger partial charge in [0.25, 0.3) is 5.91 Å². The number of likely N-dealkylation sites (tertiary alicyclic amines) is 1. The van der Waals surface area contributed by atoms with Crippen molar-refractivity contribution in [2.24, 2.45) is 0 Å². The number of carbonyl (C=O) groups excluding carboxylic acids is 2. The van der Waals surface area contributed by atoms with Crippen LogP contribution in [0.15, 0.2) is 18.2 Å². The largest absolute Gasteiger partial charge is 0.484 e. The Hall–Kier alpha value is -2.04. The van der Waals surface area contributed by atoms with E-state index in [-0.39, 0.29) is 24.5 Å². The lowest BCUT2D eigenvalue weighted by molar-refractivity contribution is -0.134. The highest BCUT2D eigenvalue weighted by atomic mass is 16.5. The van der Waals surface area contributed by atoms with E-state index in [1.165, 1.54) is 12.5 Å². The molecule has 1 N–H and O–H groups in total. The Balaban J connectivity index is 1.78. The number of benzene rings is 1. The summed E-state index contributed by atoms with van der Waals surface area (Å²) in [6.45, 7) is 6.99. The minimum Gasteiger partial charge on any atom is -0.484 e. The van der Waals surface area contributed by atoms with E-state index in [9.17, 15) is 9.59 Å². The molecule has 22 heavy (non-hydrogen) atoms. The maximum atomic E-state index is 12.2. The van der Waals surface area contributed by atoms with Crippen molar-refractivity contribution in [3.63, 3.8) is 0 Å². The van der Waals surface area contributed by atoms with Gasteiger partial charge in [-0.25, -0.2) is 0 Å². The Bertz CT molecular complexity index is 549. The third kappa shape index (κ3) is 4.48. The SMILES string of the molecule is CC(=O)NC1CCN(C(=O)COc2ccc(C)c(C)c2)CC1. The third-order valence-electron chi connectivity index (χ3n) is 4.10. The number of nitrogens with one attached hydrogen (secondary N) is 1. The first-order valence-corrected chi connectivity index (χ1v) is 7.70. The summed E-state index contributed by atoms with van der Waals surface area (Å²) >= 11 is 0. The highest BCUT2D eigenvalue weighted by Crippen LogP contribution is 2.17. The second kappa shape index (κ2) is 7.29. The second-order valence-corrected chi connectivity index (χ2v) is 5.89. The molecule has 1 heterocycles. The van der Waals surface area contributed by atoms with Gasteiger partial charge in [0.15, 0.2) is 6.61 Å². The number of piperidine rings is 1. The van der Waals surface area contributed by atoms with Crippen molar-refractivity contribution < 1.29 is 14.3 Å². The number of ether oxygens (including phenoxy) is 1. The molecule has 1 fully saturated rings. The van der Waals surface area contributed by atoms with Gasteiger partial charge in [-0.05, 0) is 49.9 Å². The predicted molar refractivity (Wildman–Crippen MR) is 84.8 cm³/mol. The number of amides is 2. The van der Waals surface area contributed by atoms with Crippen molar-refractivity contribution in [1.29, 1.82) is 0 Å². The predicted octanol–water partition coefficient (Wildman–Crippen LogP) is 1.81. The molecule has 0 bridgehead atoms. The van der Waals surface area contributed by atoms with Crippen LogP contribution in [0.1, 0.15) is 30.9 Å². The summed E-state index contributed by atoms with van der Waals surface area (Å²) in [5, 5.41) is 2.90. The third-order valence-corrected chi connectivity index (χ3v) is 4.10. The molecule has 0 aliphatic carbocycles. The minimum atomic E-state index is -0.0112. The Morgan fingerprint density at radius 1 is 1.23 bits per heavy atom. The molecule has 2 amide bonds. The van der Waals surface area contributed by atoms with Crippen LogP contribution in [-0.4, -0.2) is 42.5 Å². The van der Waals surface area contributed by atoms with Crippen molar-refractivity contribution in [3.8, 4) is 5.75 Å². The van der Waals surface area contributed by atoms with E-state index in [0.29, 0.717) is 13.1 Å². The quantitative estimate of drug-likeness (QED) is 0.923. The van der Waals surface area contributed by atoms with Gasteiger partial charge in [0.2, 0.25) is 5.91 Å². The summed E-state index contributed by atoms with van der Waals surface area (Å²) in [6, 6.07) is 6.01. The van der Waals surface area contributed by atoms with Crippen molar-refractivity contribution >= 4 is 11.8 Å². The zero-order valence-electron chi connectivity index (χ0n) is 13.5. The number of carbonyl (C=O) groups is 2. The van der Waals surface area contributed by atoms with Crippen LogP contribution in [0.4, 0.5) is 0 Å². The normalized spacial score (nSPS) is 15.5. The zero-order chi connectivity index (χ0) is 16.1. The molecule has 0 atom stereocenters. The molecule has 1 saturated heterocycles. The number of nitrogens with zero attached hydrogens (tertiary/aromatic N) is 1. The summed E-state index contributed by atoms with van der Waals surface area (Å²) in [6.07, 6.45) is 1.60. The van der Waals surface area contributed by atoms with Crippen LogP contribution in [0, 0.1) is 13.8 Å². The highest BCUT2D eigenvalue weighted by molar-refractivity contribution is 5.78. The van der Waals surface area contributed by atoms with Gasteiger partial charge in [-0.15, -0.1) is 0 Å². The zero-order valence-corrected chi connectivity index (χ0v) is 13.5. The van der Waals surface area contributed by atoms with Gasteiger partial charge in [-0.1, -0.05) is 6.07 Å². The Morgan fingerprint density at radius 3 is 2.50 bits per heavy atom. The van der Waals surface area contributed by atoms with Crippen molar-refractivity contribution in [2.45, 2.75) is 39.7 Å². The summed E-state index contributed by atoms with van der Waals surface area (Å²) in [5.41, 5.74) is 2.36. The number of rotatable bonds is 4. The van der Waals surface area contributed by atoms with Crippen LogP contribution in [0.2, 0.25) is 0 Å². The standard InChI is InChI=1S/C17H24N2O3/c1-12-4-5-16(10-13(12)2)22-11-17(21)19-8-6-15(7-9-19)18-14(3)20/h4-5,10,15H,6-9,11H2,1-3H3,(H,18,20). The number of hydrogen-bond donors (Lipinski definition) is 1. The lowest BCUT2D eigenvalue weighted by atomic mass is 10.1. The van der Waals surface area contributed by atoms with Crippen LogP contribution in [-0.2, 0) is 9.59 Å². The molecular formula is C17H24N2O3. The average Bonchev–Trinajstić information content (AvgIpc) is 2.48. The molecule has 0 aromatic heterocycles. The Labute approximate surface area is 131 Å². The van der Waals surface area contributed by atoms with Crippen LogP contribution in [0.5, 0.6) is 5.75 Å². The molecule has 1 aliphatic rings. The number of hydrogen-bond acceptors (Lipinski definition) is 3. The first kappa shape index (κ1) is 16.3. The molecule has 5 nitrogen and oxygen atoms in total. The van der Waals surface area contributed by atoms with Gasteiger partial charge in [0.1, 0.15) is 5.75 Å². The molecule has 0 unspecified atom stereocenters. The summed E-state index contributed by atoms with van der Waals surface area (Å²) in [7, 11) is 0. The topological polar surface area (TPSA) is 58.6 Å². The molecule has 1 aliphatic heterocycles. The molecule has 5 heteroatoms. The van der Waals surface area contributed by atoms with Gasteiger partial charge in [0.05, 0.1) is 0 Å². The highest BCUT2D eigenvalue weighted by Gasteiger charge is 2.23. The maximum absolute atomic E-state index is 12.2. The molecule has 0 saturated carbocycles. The van der Waals surface area contributed by atoms with Crippen molar-refractivity contribution in [3.05, 3.63) is 29.3 Å². The van der Waals surface area contributed by atoms with E-state index in [2.05, 4.69) is 5.32 Å². The first-order chi connectivity index (χ1) is 10.5. The minimum absolute atomic E-state index is 0.000460. The summed E-state index contributed by atoms with van der Waals surface area (Å²) in [5.74, 6) is 0.715. The van der Waals surface area contributed by atoms with Gasteiger partial charge in [0, 0.05) is 26.1 Å². The maximum Gasteiger partial charge on any atom is 0.260 e. The van der Waals surface area contributed by atoms with E-state index >= 15 is 0 Å². The van der Waals surface area contributed by atoms with Crippen LogP contribution >= 0.6 is 0 Å². The molecule has 2 rings (SSSR count). The fourth-order valence-electron chi connectivity index (χ4n) is 2.60. The van der Waals surface area contributed by atoms with Crippen LogP contribution in [0.3, 0.4) is 0 Å². The smallest absolute Gasteiger partial charge is 0.260 e. The van der Waals surface area contributed by atoms with E-state index in [1.54, 1.807) is 4.90 Å². The monoisotopic (exact) mass is 304 g/mol. The first-order valence-electron chi connectivity index (χ1n) is 7.70. The van der Waals surface area contributed by atoms with Crippen LogP contribution < -0.4 is 10.1 Å². The lowest BCUT2D eigenvalue weighted by Gasteiger charge is -2.32. The summed E-state index contributed by atoms with van der Waals surface area (Å²) < 4.78 is 5.59. The van der Waals surface area contributed by atoms with Gasteiger partial charge in [-0.2, -0.15) is 0 Å². The molecule has 1 aromatic rings. The average molecular weight is 304 g/mol. The Kier molecular flexibility index (Phi) is 5.41. The van der Waals surface area contributed by atoms with Gasteiger partial charge in [-0.3, -0.25) is 9.59 Å². The lowest BCUT2D eigenvalue weighted by Crippen LogP contribution is -2.47. The van der Waals surface area contributed by atoms with Gasteiger partial charge >= 0.3 is 0 Å². The second-order valence-electron chi connectivity index (χ2n) is 5.89. The van der Waals surface area contributed by atoms with Crippen molar-refractivity contribution in [2.75, 3.05) is 19.7 Å². The summed E-state index contributed by atoms with van der Waals surface area (Å²) in [4.78, 5) is 25.0. The Morgan fingerprint density at radius 2 is 1.91 bits per heavy atom.